The van der Waals surface area contributed by atoms with E-state index in [-0.39, 0.29) is 17.9 Å². The van der Waals surface area contributed by atoms with Gasteiger partial charge in [0.1, 0.15) is 0 Å². The average molecular weight is 198 g/mol. The minimum absolute atomic E-state index is 0. The number of hydrogen-bond acceptors (Lipinski definition) is 1. The summed E-state index contributed by atoms with van der Waals surface area (Å²) in [5.74, 6) is 0. The van der Waals surface area contributed by atoms with Crippen molar-refractivity contribution in [1.82, 2.24) is 0 Å². The second kappa shape index (κ2) is 3.69. The molecule has 2 rings (SSSR count). The third-order valence-electron chi connectivity index (χ3n) is 2.93. The van der Waals surface area contributed by atoms with Gasteiger partial charge in [0.2, 0.25) is 0 Å². The molecule has 0 spiro atoms. The van der Waals surface area contributed by atoms with Gasteiger partial charge in [-0.1, -0.05) is 24.3 Å². The van der Waals surface area contributed by atoms with E-state index in [1.165, 1.54) is 17.5 Å². The third-order valence-corrected chi connectivity index (χ3v) is 2.93. The molecule has 2 N–H and O–H groups in total. The van der Waals surface area contributed by atoms with Gasteiger partial charge in [0.25, 0.3) is 0 Å². The minimum Gasteiger partial charge on any atom is -0.321 e. The van der Waals surface area contributed by atoms with Gasteiger partial charge in [0, 0.05) is 5.54 Å². The summed E-state index contributed by atoms with van der Waals surface area (Å²) in [4.78, 5) is 0. The van der Waals surface area contributed by atoms with Crippen molar-refractivity contribution in [2.45, 2.75) is 31.7 Å². The van der Waals surface area contributed by atoms with Gasteiger partial charge in [-0.05, 0) is 37.3 Å². The molecule has 1 fully saturated rings. The molecule has 72 valence electrons. The summed E-state index contributed by atoms with van der Waals surface area (Å²) >= 11 is 0. The Kier molecular flexibility index (Phi) is 2.99. The highest BCUT2D eigenvalue weighted by atomic mass is 35.5. The summed E-state index contributed by atoms with van der Waals surface area (Å²) in [6, 6.07) is 8.45. The Morgan fingerprint density at radius 3 is 2.31 bits per heavy atom. The van der Waals surface area contributed by atoms with Crippen LogP contribution in [0.15, 0.2) is 24.3 Å². The molecule has 1 aromatic rings. The van der Waals surface area contributed by atoms with Gasteiger partial charge in [-0.2, -0.15) is 0 Å². The molecule has 0 saturated heterocycles. The fourth-order valence-corrected chi connectivity index (χ4v) is 1.96. The predicted octanol–water partition coefficient (Wildman–Crippen LogP) is 2.75. The number of aryl methyl sites for hydroxylation is 1. The van der Waals surface area contributed by atoms with Gasteiger partial charge in [-0.3, -0.25) is 0 Å². The van der Waals surface area contributed by atoms with Crippen molar-refractivity contribution in [3.63, 3.8) is 0 Å². The summed E-state index contributed by atoms with van der Waals surface area (Å²) in [6.45, 7) is 2.14. The van der Waals surface area contributed by atoms with Crippen LogP contribution in [0.2, 0.25) is 0 Å². The Hall–Kier alpha value is -0.530. The van der Waals surface area contributed by atoms with Crippen LogP contribution < -0.4 is 5.73 Å². The lowest BCUT2D eigenvalue weighted by Gasteiger charge is -2.39. The summed E-state index contributed by atoms with van der Waals surface area (Å²) < 4.78 is 0. The molecule has 1 nitrogen and oxygen atoms in total. The summed E-state index contributed by atoms with van der Waals surface area (Å²) in [6.07, 6.45) is 3.58. The van der Waals surface area contributed by atoms with Gasteiger partial charge in [0.15, 0.2) is 0 Å². The van der Waals surface area contributed by atoms with Gasteiger partial charge in [-0.25, -0.2) is 0 Å². The minimum atomic E-state index is 0. The molecule has 0 radical (unpaired) electrons. The Morgan fingerprint density at radius 2 is 1.85 bits per heavy atom. The fourth-order valence-electron chi connectivity index (χ4n) is 1.96. The van der Waals surface area contributed by atoms with E-state index in [0.717, 1.165) is 12.8 Å². The van der Waals surface area contributed by atoms with Crippen LogP contribution in [0.25, 0.3) is 0 Å². The summed E-state index contributed by atoms with van der Waals surface area (Å²) in [5.41, 5.74) is 8.91. The van der Waals surface area contributed by atoms with Crippen LogP contribution >= 0.6 is 12.4 Å². The maximum absolute atomic E-state index is 6.22. The van der Waals surface area contributed by atoms with Crippen LogP contribution in [0.5, 0.6) is 0 Å². The topological polar surface area (TPSA) is 26.0 Å². The van der Waals surface area contributed by atoms with E-state index in [1.54, 1.807) is 0 Å². The number of benzene rings is 1. The molecular formula is C11H16ClN. The van der Waals surface area contributed by atoms with E-state index in [9.17, 15) is 0 Å². The SMILES string of the molecule is Cc1ccccc1C1(N)CCC1.Cl. The van der Waals surface area contributed by atoms with E-state index >= 15 is 0 Å². The van der Waals surface area contributed by atoms with Gasteiger partial charge in [-0.15, -0.1) is 12.4 Å². The lowest BCUT2D eigenvalue weighted by atomic mass is 9.71. The molecule has 2 heteroatoms. The molecule has 0 unspecified atom stereocenters. The highest BCUT2D eigenvalue weighted by Gasteiger charge is 2.34. The van der Waals surface area contributed by atoms with Crippen molar-refractivity contribution < 1.29 is 0 Å². The van der Waals surface area contributed by atoms with Crippen molar-refractivity contribution in [1.29, 1.82) is 0 Å². The first-order valence-corrected chi connectivity index (χ1v) is 4.57. The molecule has 0 atom stereocenters. The van der Waals surface area contributed by atoms with Crippen molar-refractivity contribution in [3.8, 4) is 0 Å². The first-order valence-electron chi connectivity index (χ1n) is 4.57. The van der Waals surface area contributed by atoms with Crippen molar-refractivity contribution in [3.05, 3.63) is 35.4 Å². The molecule has 0 aromatic heterocycles. The van der Waals surface area contributed by atoms with Crippen LogP contribution in [0.4, 0.5) is 0 Å². The second-order valence-corrected chi connectivity index (χ2v) is 3.82. The molecule has 1 aliphatic rings. The maximum Gasteiger partial charge on any atom is 0.0412 e. The lowest BCUT2D eigenvalue weighted by molar-refractivity contribution is 0.252. The smallest absolute Gasteiger partial charge is 0.0412 e. The highest BCUT2D eigenvalue weighted by molar-refractivity contribution is 5.85. The van der Waals surface area contributed by atoms with Crippen molar-refractivity contribution in [2.24, 2.45) is 5.73 Å². The van der Waals surface area contributed by atoms with Crippen LogP contribution in [-0.4, -0.2) is 0 Å². The highest BCUT2D eigenvalue weighted by Crippen LogP contribution is 2.39. The zero-order valence-corrected chi connectivity index (χ0v) is 8.73. The quantitative estimate of drug-likeness (QED) is 0.736. The normalized spacial score (nSPS) is 18.6. The Labute approximate surface area is 85.7 Å². The maximum atomic E-state index is 6.22. The first-order chi connectivity index (χ1) is 5.72. The number of hydrogen-bond donors (Lipinski definition) is 1. The van der Waals surface area contributed by atoms with E-state index in [2.05, 4.69) is 31.2 Å². The molecule has 1 saturated carbocycles. The Balaban J connectivity index is 0.000000845. The number of nitrogens with two attached hydrogens (primary N) is 1. The van der Waals surface area contributed by atoms with Crippen LogP contribution in [0.1, 0.15) is 30.4 Å². The van der Waals surface area contributed by atoms with Crippen LogP contribution in [0.3, 0.4) is 0 Å². The Bertz CT molecular complexity index is 292. The largest absolute Gasteiger partial charge is 0.321 e. The summed E-state index contributed by atoms with van der Waals surface area (Å²) in [7, 11) is 0. The molecule has 0 aliphatic heterocycles. The van der Waals surface area contributed by atoms with E-state index in [4.69, 9.17) is 5.73 Å². The third kappa shape index (κ3) is 1.72. The number of rotatable bonds is 1. The first kappa shape index (κ1) is 10.6. The molecule has 13 heavy (non-hydrogen) atoms. The average Bonchev–Trinajstić information content (AvgIpc) is 2.01. The predicted molar refractivity (Wildman–Crippen MR) is 58.1 cm³/mol. The standard InChI is InChI=1S/C11H15N.ClH/c1-9-5-2-3-6-10(9)11(12)7-4-8-11;/h2-3,5-6H,4,7-8,12H2,1H3;1H. The van der Waals surface area contributed by atoms with Gasteiger partial charge < -0.3 is 5.73 Å². The number of halogens is 1. The van der Waals surface area contributed by atoms with E-state index in [1.807, 2.05) is 0 Å². The van der Waals surface area contributed by atoms with Crippen molar-refractivity contribution >= 4 is 12.4 Å². The monoisotopic (exact) mass is 197 g/mol. The van der Waals surface area contributed by atoms with Crippen LogP contribution in [-0.2, 0) is 5.54 Å². The molecule has 0 bridgehead atoms. The van der Waals surface area contributed by atoms with Gasteiger partial charge >= 0.3 is 0 Å². The van der Waals surface area contributed by atoms with Gasteiger partial charge in [0.05, 0.1) is 0 Å². The molecule has 0 heterocycles. The zero-order chi connectivity index (χ0) is 8.60. The van der Waals surface area contributed by atoms with Crippen LogP contribution in [0, 0.1) is 6.92 Å². The molecule has 1 aliphatic carbocycles. The lowest BCUT2D eigenvalue weighted by Crippen LogP contribution is -2.43. The van der Waals surface area contributed by atoms with E-state index < -0.39 is 0 Å². The fraction of sp³-hybridized carbons (Fsp3) is 0.455. The molecule has 0 amide bonds. The van der Waals surface area contributed by atoms with E-state index in [0.29, 0.717) is 0 Å². The zero-order valence-electron chi connectivity index (χ0n) is 7.92. The second-order valence-electron chi connectivity index (χ2n) is 3.82. The Morgan fingerprint density at radius 1 is 1.23 bits per heavy atom. The summed E-state index contributed by atoms with van der Waals surface area (Å²) in [5, 5.41) is 0. The molecule has 1 aromatic carbocycles. The molecular weight excluding hydrogens is 182 g/mol. The van der Waals surface area contributed by atoms with Crippen molar-refractivity contribution in [2.75, 3.05) is 0 Å².